The van der Waals surface area contributed by atoms with E-state index in [1.165, 1.54) is 0 Å². The van der Waals surface area contributed by atoms with Crippen molar-refractivity contribution in [3.63, 3.8) is 0 Å². The molecule has 0 radical (unpaired) electrons. The summed E-state index contributed by atoms with van der Waals surface area (Å²) in [5.74, 6) is 1.74. The van der Waals surface area contributed by atoms with Gasteiger partial charge in [0.1, 0.15) is 6.04 Å². The third-order valence-corrected chi connectivity index (χ3v) is 3.98. The quantitative estimate of drug-likeness (QED) is 0.914. The highest BCUT2D eigenvalue weighted by atomic mass is 16.5. The first-order valence-electron chi connectivity index (χ1n) is 8.05. The van der Waals surface area contributed by atoms with E-state index in [0.29, 0.717) is 12.3 Å². The van der Waals surface area contributed by atoms with E-state index in [-0.39, 0.29) is 17.9 Å². The lowest BCUT2D eigenvalue weighted by Crippen LogP contribution is -2.23. The van der Waals surface area contributed by atoms with Gasteiger partial charge in [0, 0.05) is 30.3 Å². The summed E-state index contributed by atoms with van der Waals surface area (Å²) in [5, 5.41) is 7.32. The van der Waals surface area contributed by atoms with Crippen LogP contribution >= 0.6 is 0 Å². The number of hydrogen-bond acceptors (Lipinski definition) is 5. The van der Waals surface area contributed by atoms with Crippen molar-refractivity contribution in [3.05, 3.63) is 36.0 Å². The third-order valence-electron chi connectivity index (χ3n) is 3.98. The van der Waals surface area contributed by atoms with E-state index in [2.05, 4.69) is 15.5 Å². The molecule has 6 heteroatoms. The number of aromatic nitrogens is 2. The number of carbonyl (C=O) groups excluding carboxylic acids is 1. The lowest BCUT2D eigenvalue weighted by atomic mass is 10.2. The van der Waals surface area contributed by atoms with Crippen LogP contribution in [0.3, 0.4) is 0 Å². The van der Waals surface area contributed by atoms with Crippen molar-refractivity contribution in [2.45, 2.75) is 45.6 Å². The van der Waals surface area contributed by atoms with Crippen LogP contribution in [0.15, 0.2) is 28.8 Å². The van der Waals surface area contributed by atoms with Crippen LogP contribution in [-0.4, -0.2) is 22.6 Å². The first-order chi connectivity index (χ1) is 11.0. The van der Waals surface area contributed by atoms with Crippen LogP contribution < -0.4 is 10.2 Å². The van der Waals surface area contributed by atoms with Crippen LogP contribution in [0.25, 0.3) is 0 Å². The zero-order valence-corrected chi connectivity index (χ0v) is 13.7. The van der Waals surface area contributed by atoms with Crippen LogP contribution in [0.5, 0.6) is 0 Å². The molecule has 6 nitrogen and oxygen atoms in total. The molecule has 1 fully saturated rings. The molecule has 1 aromatic heterocycles. The number of anilines is 2. The fraction of sp³-hybridized carbons (Fsp3) is 0.471. The summed E-state index contributed by atoms with van der Waals surface area (Å²) in [4.78, 5) is 18.0. The summed E-state index contributed by atoms with van der Waals surface area (Å²) in [6.45, 7) is 6.85. The van der Waals surface area contributed by atoms with E-state index in [4.69, 9.17) is 4.52 Å². The Labute approximate surface area is 135 Å². The summed E-state index contributed by atoms with van der Waals surface area (Å²) in [6, 6.07) is 7.79. The van der Waals surface area contributed by atoms with Crippen molar-refractivity contribution >= 4 is 17.3 Å². The molecule has 0 unspecified atom stereocenters. The van der Waals surface area contributed by atoms with Gasteiger partial charge in [-0.25, -0.2) is 0 Å². The Kier molecular flexibility index (Phi) is 4.32. The van der Waals surface area contributed by atoms with E-state index in [1.807, 2.05) is 49.9 Å². The van der Waals surface area contributed by atoms with Crippen LogP contribution in [0, 0.1) is 0 Å². The molecular weight excluding hydrogens is 292 g/mol. The Morgan fingerprint density at radius 2 is 1.96 bits per heavy atom. The fourth-order valence-corrected chi connectivity index (χ4v) is 2.63. The molecule has 1 aliphatic heterocycles. The van der Waals surface area contributed by atoms with Crippen molar-refractivity contribution in [1.82, 2.24) is 10.1 Å². The minimum absolute atomic E-state index is 0.0748. The Hall–Kier alpha value is -2.37. The molecule has 1 saturated heterocycles. The number of nitrogens with zero attached hydrogens (tertiary/aromatic N) is 3. The zero-order chi connectivity index (χ0) is 16.4. The molecule has 0 bridgehead atoms. The predicted molar refractivity (Wildman–Crippen MR) is 88.5 cm³/mol. The molecule has 1 aliphatic rings. The first-order valence-corrected chi connectivity index (χ1v) is 8.05. The minimum atomic E-state index is -0.0748. The van der Waals surface area contributed by atoms with Gasteiger partial charge < -0.3 is 14.7 Å². The maximum absolute atomic E-state index is 11.8. The predicted octanol–water partition coefficient (Wildman–Crippen LogP) is 3.49. The summed E-state index contributed by atoms with van der Waals surface area (Å²) in [5.41, 5.74) is 1.91. The van der Waals surface area contributed by atoms with Gasteiger partial charge in [-0.15, -0.1) is 0 Å². The second kappa shape index (κ2) is 6.40. The largest absolute Gasteiger partial charge is 0.374 e. The second-order valence-corrected chi connectivity index (χ2v) is 6.21. The molecular formula is C17H22N4O2. The monoisotopic (exact) mass is 314 g/mol. The van der Waals surface area contributed by atoms with Crippen molar-refractivity contribution in [2.75, 3.05) is 16.8 Å². The van der Waals surface area contributed by atoms with E-state index in [9.17, 15) is 4.79 Å². The third kappa shape index (κ3) is 3.36. The maximum Gasteiger partial charge on any atom is 0.248 e. The number of nitrogens with one attached hydrogen (secondary N) is 1. The molecule has 122 valence electrons. The van der Waals surface area contributed by atoms with Gasteiger partial charge in [0.2, 0.25) is 11.8 Å². The van der Waals surface area contributed by atoms with Crippen LogP contribution in [-0.2, 0) is 4.79 Å². The van der Waals surface area contributed by atoms with E-state index in [0.717, 1.165) is 30.2 Å². The second-order valence-electron chi connectivity index (χ2n) is 6.21. The molecule has 1 atom stereocenters. The molecule has 0 aliphatic carbocycles. The summed E-state index contributed by atoms with van der Waals surface area (Å²) in [7, 11) is 0. The van der Waals surface area contributed by atoms with Crippen LogP contribution in [0.1, 0.15) is 57.3 Å². The summed E-state index contributed by atoms with van der Waals surface area (Å²) < 4.78 is 5.30. The Morgan fingerprint density at radius 3 is 2.52 bits per heavy atom. The Morgan fingerprint density at radius 1 is 1.22 bits per heavy atom. The topological polar surface area (TPSA) is 71.3 Å². The van der Waals surface area contributed by atoms with Gasteiger partial charge in [-0.05, 0) is 37.6 Å². The Balaban J connectivity index is 1.66. The van der Waals surface area contributed by atoms with Crippen molar-refractivity contribution in [3.8, 4) is 0 Å². The van der Waals surface area contributed by atoms with E-state index in [1.54, 1.807) is 0 Å². The normalized spacial score (nSPS) is 16.2. The van der Waals surface area contributed by atoms with E-state index < -0.39 is 0 Å². The highest BCUT2D eigenvalue weighted by Crippen LogP contribution is 2.25. The average molecular weight is 314 g/mol. The van der Waals surface area contributed by atoms with Gasteiger partial charge in [0.15, 0.2) is 5.82 Å². The van der Waals surface area contributed by atoms with Crippen molar-refractivity contribution in [1.29, 1.82) is 0 Å². The average Bonchev–Trinajstić information content (AvgIpc) is 3.17. The van der Waals surface area contributed by atoms with Crippen molar-refractivity contribution < 1.29 is 9.32 Å². The van der Waals surface area contributed by atoms with E-state index >= 15 is 0 Å². The first kappa shape index (κ1) is 15.5. The highest BCUT2D eigenvalue weighted by molar-refractivity contribution is 5.95. The number of amides is 1. The molecule has 2 heterocycles. The molecule has 1 aromatic carbocycles. The van der Waals surface area contributed by atoms with Gasteiger partial charge in [0.25, 0.3) is 0 Å². The molecule has 2 aromatic rings. The van der Waals surface area contributed by atoms with Gasteiger partial charge >= 0.3 is 0 Å². The van der Waals surface area contributed by atoms with Crippen LogP contribution in [0.2, 0.25) is 0 Å². The summed E-state index contributed by atoms with van der Waals surface area (Å²) in [6.07, 6.45) is 1.58. The smallest absolute Gasteiger partial charge is 0.248 e. The number of benzene rings is 1. The van der Waals surface area contributed by atoms with Crippen molar-refractivity contribution in [2.24, 2.45) is 0 Å². The zero-order valence-electron chi connectivity index (χ0n) is 13.7. The standard InChI is InChI=1S/C17H22N4O2/c1-11(2)16-19-17(23-20-16)12(3)18-13-6-8-14(9-7-13)21-10-4-5-15(21)22/h6-9,11-12,18H,4-5,10H2,1-3H3/t12-/m1/s1. The Bertz CT molecular complexity index is 678. The fourth-order valence-electron chi connectivity index (χ4n) is 2.63. The number of hydrogen-bond donors (Lipinski definition) is 1. The minimum Gasteiger partial charge on any atom is -0.374 e. The van der Waals surface area contributed by atoms with Crippen LogP contribution in [0.4, 0.5) is 11.4 Å². The molecule has 1 amide bonds. The number of carbonyl (C=O) groups is 1. The SMILES string of the molecule is CC(C)c1noc([C@@H](C)Nc2ccc(N3CCCC3=O)cc2)n1. The molecule has 1 N–H and O–H groups in total. The van der Waals surface area contributed by atoms with Gasteiger partial charge in [-0.1, -0.05) is 19.0 Å². The molecule has 23 heavy (non-hydrogen) atoms. The van der Waals surface area contributed by atoms with Gasteiger partial charge in [-0.3, -0.25) is 4.79 Å². The van der Waals surface area contributed by atoms with Gasteiger partial charge in [0.05, 0.1) is 0 Å². The molecule has 3 rings (SSSR count). The molecule has 0 spiro atoms. The highest BCUT2D eigenvalue weighted by Gasteiger charge is 2.21. The lowest BCUT2D eigenvalue weighted by Gasteiger charge is -2.17. The maximum atomic E-state index is 11.8. The summed E-state index contributed by atoms with van der Waals surface area (Å²) >= 11 is 0. The number of rotatable bonds is 5. The molecule has 0 saturated carbocycles. The van der Waals surface area contributed by atoms with Gasteiger partial charge in [-0.2, -0.15) is 4.98 Å². The lowest BCUT2D eigenvalue weighted by molar-refractivity contribution is -0.117.